The van der Waals surface area contributed by atoms with Gasteiger partial charge in [0.2, 0.25) is 0 Å². The molecule has 0 aliphatic heterocycles. The van der Waals surface area contributed by atoms with E-state index in [4.69, 9.17) is 13.6 Å². The Balaban J connectivity index is 1.46. The van der Waals surface area contributed by atoms with E-state index in [9.17, 15) is 4.79 Å². The number of thiophene rings is 1. The van der Waals surface area contributed by atoms with Gasteiger partial charge in [-0.25, -0.2) is 0 Å². The Morgan fingerprint density at radius 2 is 2.07 bits per heavy atom. The van der Waals surface area contributed by atoms with Crippen LogP contribution in [-0.4, -0.2) is 16.2 Å². The summed E-state index contributed by atoms with van der Waals surface area (Å²) in [5.74, 6) is 0.323. The third kappa shape index (κ3) is 3.50. The van der Waals surface area contributed by atoms with Crippen LogP contribution in [-0.2, 0) is 16.0 Å². The third-order valence-corrected chi connectivity index (χ3v) is 5.29. The number of esters is 1. The second kappa shape index (κ2) is 7.00. The predicted octanol–water partition coefficient (Wildman–Crippen LogP) is 5.01. The van der Waals surface area contributed by atoms with E-state index in [1.807, 2.05) is 43.5 Å². The van der Waals surface area contributed by atoms with Crippen LogP contribution in [0.2, 0.25) is 0 Å². The quantitative estimate of drug-likeness (QED) is 0.452. The summed E-state index contributed by atoms with van der Waals surface area (Å²) in [5.41, 5.74) is 3.87. The molecule has 7 heteroatoms. The average molecular weight is 382 g/mol. The van der Waals surface area contributed by atoms with E-state index in [1.54, 1.807) is 13.2 Å². The smallest absolute Gasteiger partial charge is 0.311 e. The van der Waals surface area contributed by atoms with E-state index in [0.717, 1.165) is 32.5 Å². The van der Waals surface area contributed by atoms with Gasteiger partial charge in [0, 0.05) is 10.9 Å². The molecule has 3 heterocycles. The van der Waals surface area contributed by atoms with Crippen molar-refractivity contribution >= 4 is 28.3 Å². The van der Waals surface area contributed by atoms with E-state index in [2.05, 4.69) is 10.2 Å². The Morgan fingerprint density at radius 3 is 2.85 bits per heavy atom. The molecule has 0 saturated carbocycles. The lowest BCUT2D eigenvalue weighted by molar-refractivity contribution is -0.148. The summed E-state index contributed by atoms with van der Waals surface area (Å²) in [5, 5.41) is 10.9. The number of carbonyl (C=O) groups excluding carboxylic acids is 1. The molecular weight excluding hydrogens is 364 g/mol. The van der Waals surface area contributed by atoms with Crippen molar-refractivity contribution in [3.05, 3.63) is 58.5 Å². The molecule has 4 rings (SSSR count). The van der Waals surface area contributed by atoms with Crippen molar-refractivity contribution in [3.63, 3.8) is 0 Å². The molecule has 0 amide bonds. The zero-order valence-electron chi connectivity index (χ0n) is 15.2. The van der Waals surface area contributed by atoms with Crippen molar-refractivity contribution in [2.24, 2.45) is 0 Å². The number of ether oxygens (including phenoxy) is 1. The first-order valence-electron chi connectivity index (χ1n) is 8.55. The molecule has 4 aromatic rings. The van der Waals surface area contributed by atoms with Gasteiger partial charge in [-0.2, -0.15) is 0 Å². The molecule has 1 atom stereocenters. The number of aryl methyl sites for hydroxylation is 2. The van der Waals surface area contributed by atoms with Crippen molar-refractivity contribution in [2.45, 2.75) is 33.3 Å². The molecule has 0 aliphatic carbocycles. The number of furan rings is 1. The van der Waals surface area contributed by atoms with Gasteiger partial charge in [0.15, 0.2) is 6.10 Å². The van der Waals surface area contributed by atoms with Gasteiger partial charge < -0.3 is 13.6 Å². The van der Waals surface area contributed by atoms with Gasteiger partial charge in [-0.05, 0) is 55.5 Å². The molecule has 0 fully saturated rings. The zero-order chi connectivity index (χ0) is 19.0. The summed E-state index contributed by atoms with van der Waals surface area (Å²) in [6.07, 6.45) is 1.10. The Kier molecular flexibility index (Phi) is 4.53. The van der Waals surface area contributed by atoms with Crippen LogP contribution >= 0.6 is 11.3 Å². The molecule has 0 saturated heterocycles. The maximum Gasteiger partial charge on any atom is 0.311 e. The first-order chi connectivity index (χ1) is 13.0. The minimum absolute atomic E-state index is 0.117. The van der Waals surface area contributed by atoms with Gasteiger partial charge in [0.25, 0.3) is 11.8 Å². The van der Waals surface area contributed by atoms with Crippen LogP contribution in [0.5, 0.6) is 0 Å². The van der Waals surface area contributed by atoms with Crippen molar-refractivity contribution in [1.82, 2.24) is 10.2 Å². The minimum Gasteiger partial charge on any atom is -0.464 e. The molecule has 0 bridgehead atoms. The van der Waals surface area contributed by atoms with E-state index in [1.165, 1.54) is 11.3 Å². The van der Waals surface area contributed by atoms with Gasteiger partial charge in [-0.3, -0.25) is 4.79 Å². The standard InChI is InChI=1S/C20H18N2O4S/c1-11-7-15-14(10-24-16(15)8-12(11)2)9-18(23)25-13(3)19-21-22-20(26-19)17-5-4-6-27-17/h4-8,10,13H,9H2,1-3H3/t13-/m0/s1. The molecule has 0 unspecified atom stereocenters. The Bertz CT molecular complexity index is 1090. The van der Waals surface area contributed by atoms with Gasteiger partial charge in [0.05, 0.1) is 17.6 Å². The number of rotatable bonds is 5. The first-order valence-corrected chi connectivity index (χ1v) is 9.43. The Labute approximate surface area is 159 Å². The third-order valence-electron chi connectivity index (χ3n) is 4.43. The highest BCUT2D eigenvalue weighted by atomic mass is 32.1. The van der Waals surface area contributed by atoms with E-state index in [-0.39, 0.29) is 18.3 Å². The van der Waals surface area contributed by atoms with Crippen molar-refractivity contribution < 1.29 is 18.4 Å². The van der Waals surface area contributed by atoms with Crippen LogP contribution in [0.25, 0.3) is 21.7 Å². The monoisotopic (exact) mass is 382 g/mol. The summed E-state index contributed by atoms with van der Waals surface area (Å²) >= 11 is 1.51. The van der Waals surface area contributed by atoms with E-state index >= 15 is 0 Å². The molecule has 3 aromatic heterocycles. The largest absolute Gasteiger partial charge is 0.464 e. The normalized spacial score (nSPS) is 12.4. The number of nitrogens with zero attached hydrogens (tertiary/aromatic N) is 2. The van der Waals surface area contributed by atoms with Crippen LogP contribution in [0.4, 0.5) is 0 Å². The Morgan fingerprint density at radius 1 is 1.26 bits per heavy atom. The van der Waals surface area contributed by atoms with Crippen molar-refractivity contribution in [1.29, 1.82) is 0 Å². The highest BCUT2D eigenvalue weighted by Crippen LogP contribution is 2.28. The number of hydrogen-bond acceptors (Lipinski definition) is 7. The molecule has 0 aliphatic rings. The molecule has 6 nitrogen and oxygen atoms in total. The fraction of sp³-hybridized carbons (Fsp3) is 0.250. The van der Waals surface area contributed by atoms with Crippen LogP contribution < -0.4 is 0 Å². The van der Waals surface area contributed by atoms with Crippen LogP contribution in [0.1, 0.15) is 35.6 Å². The number of benzene rings is 1. The molecule has 0 spiro atoms. The molecular formula is C20H18N2O4S. The lowest BCUT2D eigenvalue weighted by Gasteiger charge is -2.09. The van der Waals surface area contributed by atoms with Crippen molar-refractivity contribution in [2.75, 3.05) is 0 Å². The topological polar surface area (TPSA) is 78.4 Å². The van der Waals surface area contributed by atoms with Gasteiger partial charge in [0.1, 0.15) is 5.58 Å². The Hall–Kier alpha value is -2.93. The summed E-state index contributed by atoms with van der Waals surface area (Å²) in [6, 6.07) is 7.82. The zero-order valence-corrected chi connectivity index (χ0v) is 16.0. The summed E-state index contributed by atoms with van der Waals surface area (Å²) in [7, 11) is 0. The number of carbonyl (C=O) groups is 1. The molecule has 138 valence electrons. The number of fused-ring (bicyclic) bond motifs is 1. The lowest BCUT2D eigenvalue weighted by Crippen LogP contribution is -2.11. The van der Waals surface area contributed by atoms with Gasteiger partial charge in [-0.1, -0.05) is 6.07 Å². The fourth-order valence-electron chi connectivity index (χ4n) is 2.82. The highest BCUT2D eigenvalue weighted by molar-refractivity contribution is 7.13. The highest BCUT2D eigenvalue weighted by Gasteiger charge is 2.20. The lowest BCUT2D eigenvalue weighted by atomic mass is 10.0. The first kappa shape index (κ1) is 17.5. The van der Waals surface area contributed by atoms with Crippen LogP contribution in [0.3, 0.4) is 0 Å². The summed E-state index contributed by atoms with van der Waals surface area (Å²) < 4.78 is 16.7. The molecule has 27 heavy (non-hydrogen) atoms. The maximum atomic E-state index is 12.4. The van der Waals surface area contributed by atoms with Crippen LogP contribution in [0.15, 0.2) is 44.7 Å². The average Bonchev–Trinajstić information content (AvgIpc) is 3.36. The van der Waals surface area contributed by atoms with Gasteiger partial charge in [-0.15, -0.1) is 21.5 Å². The van der Waals surface area contributed by atoms with Crippen LogP contribution in [0, 0.1) is 13.8 Å². The number of aromatic nitrogens is 2. The maximum absolute atomic E-state index is 12.4. The predicted molar refractivity (Wildman–Crippen MR) is 102 cm³/mol. The van der Waals surface area contributed by atoms with Crippen molar-refractivity contribution in [3.8, 4) is 10.8 Å². The summed E-state index contributed by atoms with van der Waals surface area (Å²) in [6.45, 7) is 5.78. The SMILES string of the molecule is Cc1cc2occ(CC(=O)O[C@@H](C)c3nnc(-c4cccs4)o3)c2cc1C. The van der Waals surface area contributed by atoms with E-state index < -0.39 is 6.10 Å². The minimum atomic E-state index is -0.624. The second-order valence-electron chi connectivity index (χ2n) is 6.43. The van der Waals surface area contributed by atoms with Gasteiger partial charge >= 0.3 is 5.97 Å². The fourth-order valence-corrected chi connectivity index (χ4v) is 3.46. The molecule has 0 radical (unpaired) electrons. The summed E-state index contributed by atoms with van der Waals surface area (Å²) in [4.78, 5) is 13.3. The van der Waals surface area contributed by atoms with E-state index in [0.29, 0.717) is 5.89 Å². The number of hydrogen-bond donors (Lipinski definition) is 0. The second-order valence-corrected chi connectivity index (χ2v) is 7.37. The molecule has 0 N–H and O–H groups in total. The molecule has 1 aromatic carbocycles.